The smallest absolute Gasteiger partial charge is 0.144 e. The first kappa shape index (κ1) is 13.8. The van der Waals surface area contributed by atoms with Crippen LogP contribution in [-0.4, -0.2) is 22.7 Å². The first-order valence-electron chi connectivity index (χ1n) is 5.32. The SMILES string of the molecule is CC(C)(C)C(O)CNc1ncc(C#N)cc1Cl. The average molecular weight is 254 g/mol. The van der Waals surface area contributed by atoms with Gasteiger partial charge < -0.3 is 10.4 Å². The van der Waals surface area contributed by atoms with E-state index in [2.05, 4.69) is 10.3 Å². The van der Waals surface area contributed by atoms with E-state index >= 15 is 0 Å². The number of nitriles is 1. The van der Waals surface area contributed by atoms with Crippen LogP contribution in [0.5, 0.6) is 0 Å². The number of aliphatic hydroxyl groups is 1. The van der Waals surface area contributed by atoms with Gasteiger partial charge in [-0.3, -0.25) is 0 Å². The zero-order valence-corrected chi connectivity index (χ0v) is 10.9. The van der Waals surface area contributed by atoms with E-state index in [0.29, 0.717) is 22.9 Å². The number of nitrogens with one attached hydrogen (secondary N) is 1. The minimum atomic E-state index is -0.504. The van der Waals surface area contributed by atoms with E-state index in [1.807, 2.05) is 26.8 Å². The molecule has 0 bridgehead atoms. The van der Waals surface area contributed by atoms with Crippen molar-refractivity contribution in [2.75, 3.05) is 11.9 Å². The number of hydrogen-bond acceptors (Lipinski definition) is 4. The van der Waals surface area contributed by atoms with Gasteiger partial charge in [-0.15, -0.1) is 0 Å². The van der Waals surface area contributed by atoms with Crippen LogP contribution in [0, 0.1) is 16.7 Å². The lowest BCUT2D eigenvalue weighted by atomic mass is 9.89. The van der Waals surface area contributed by atoms with Crippen LogP contribution in [0.3, 0.4) is 0 Å². The van der Waals surface area contributed by atoms with E-state index in [9.17, 15) is 5.11 Å². The summed E-state index contributed by atoms with van der Waals surface area (Å²) >= 11 is 5.95. The summed E-state index contributed by atoms with van der Waals surface area (Å²) < 4.78 is 0. The van der Waals surface area contributed by atoms with Crippen LogP contribution >= 0.6 is 11.6 Å². The molecule has 0 amide bonds. The first-order valence-corrected chi connectivity index (χ1v) is 5.70. The number of nitrogens with zero attached hydrogens (tertiary/aromatic N) is 2. The zero-order chi connectivity index (χ0) is 13.1. The molecule has 0 fully saturated rings. The summed E-state index contributed by atoms with van der Waals surface area (Å²) in [6, 6.07) is 3.50. The molecule has 2 N–H and O–H groups in total. The largest absolute Gasteiger partial charge is 0.391 e. The van der Waals surface area contributed by atoms with Crippen LogP contribution in [0.15, 0.2) is 12.3 Å². The lowest BCUT2D eigenvalue weighted by molar-refractivity contribution is 0.0745. The van der Waals surface area contributed by atoms with Crippen LogP contribution in [0.25, 0.3) is 0 Å². The van der Waals surface area contributed by atoms with Gasteiger partial charge in [-0.2, -0.15) is 5.26 Å². The maximum atomic E-state index is 9.85. The third kappa shape index (κ3) is 3.88. The zero-order valence-electron chi connectivity index (χ0n) is 10.2. The fourth-order valence-corrected chi connectivity index (χ4v) is 1.36. The topological polar surface area (TPSA) is 68.9 Å². The van der Waals surface area contributed by atoms with E-state index in [-0.39, 0.29) is 5.41 Å². The molecule has 5 heteroatoms. The third-order valence-electron chi connectivity index (χ3n) is 2.43. The quantitative estimate of drug-likeness (QED) is 0.868. The van der Waals surface area contributed by atoms with Crippen molar-refractivity contribution < 1.29 is 5.11 Å². The summed E-state index contributed by atoms with van der Waals surface area (Å²) in [4.78, 5) is 4.03. The summed E-state index contributed by atoms with van der Waals surface area (Å²) in [5, 5.41) is 21.9. The molecule has 0 saturated carbocycles. The molecular weight excluding hydrogens is 238 g/mol. The second-order valence-corrected chi connectivity index (χ2v) is 5.34. The summed E-state index contributed by atoms with van der Waals surface area (Å²) in [5.74, 6) is 0.481. The minimum Gasteiger partial charge on any atom is -0.391 e. The van der Waals surface area contributed by atoms with E-state index < -0.39 is 6.10 Å². The highest BCUT2D eigenvalue weighted by Crippen LogP contribution is 2.22. The highest BCUT2D eigenvalue weighted by atomic mass is 35.5. The van der Waals surface area contributed by atoms with Gasteiger partial charge in [0, 0.05) is 12.7 Å². The van der Waals surface area contributed by atoms with Gasteiger partial charge in [0.2, 0.25) is 0 Å². The predicted octanol–water partition coefficient (Wildman–Crippen LogP) is 2.43. The normalized spacial score (nSPS) is 12.9. The fraction of sp³-hybridized carbons (Fsp3) is 0.500. The Labute approximate surface area is 106 Å². The molecule has 0 aliphatic rings. The Hall–Kier alpha value is -1.31. The van der Waals surface area contributed by atoms with Crippen molar-refractivity contribution in [3.63, 3.8) is 0 Å². The van der Waals surface area contributed by atoms with Gasteiger partial charge in [0.05, 0.1) is 16.7 Å². The number of pyridine rings is 1. The van der Waals surface area contributed by atoms with Gasteiger partial charge in [0.1, 0.15) is 11.9 Å². The highest BCUT2D eigenvalue weighted by molar-refractivity contribution is 6.33. The molecule has 0 radical (unpaired) electrons. The molecule has 1 aromatic rings. The molecule has 1 unspecified atom stereocenters. The predicted molar refractivity (Wildman–Crippen MR) is 67.9 cm³/mol. The number of aromatic nitrogens is 1. The summed E-state index contributed by atoms with van der Waals surface area (Å²) in [6.45, 7) is 6.22. The van der Waals surface area contributed by atoms with Gasteiger partial charge >= 0.3 is 0 Å². The van der Waals surface area contributed by atoms with Crippen molar-refractivity contribution in [1.82, 2.24) is 4.98 Å². The number of hydrogen-bond donors (Lipinski definition) is 2. The molecule has 17 heavy (non-hydrogen) atoms. The van der Waals surface area contributed by atoms with Gasteiger partial charge in [-0.25, -0.2) is 4.98 Å². The second kappa shape index (κ2) is 5.35. The van der Waals surface area contributed by atoms with Crippen molar-refractivity contribution >= 4 is 17.4 Å². The van der Waals surface area contributed by atoms with Gasteiger partial charge in [-0.05, 0) is 11.5 Å². The van der Waals surface area contributed by atoms with Crippen molar-refractivity contribution in [1.29, 1.82) is 5.26 Å². The molecule has 4 nitrogen and oxygen atoms in total. The molecule has 0 aliphatic heterocycles. The molecule has 0 aliphatic carbocycles. The molecule has 92 valence electrons. The average Bonchev–Trinajstić information content (AvgIpc) is 2.25. The Morgan fingerprint density at radius 2 is 2.24 bits per heavy atom. The van der Waals surface area contributed by atoms with Crippen LogP contribution in [0.2, 0.25) is 5.02 Å². The molecule has 0 spiro atoms. The van der Waals surface area contributed by atoms with Crippen LogP contribution in [-0.2, 0) is 0 Å². The molecule has 1 heterocycles. The summed E-state index contributed by atoms with van der Waals surface area (Å²) in [5.41, 5.74) is 0.212. The number of halogens is 1. The molecular formula is C12H16ClN3O. The summed E-state index contributed by atoms with van der Waals surface area (Å²) in [6.07, 6.45) is 0.938. The lowest BCUT2D eigenvalue weighted by Crippen LogP contribution is -2.33. The molecule has 0 saturated heterocycles. The van der Waals surface area contributed by atoms with Gasteiger partial charge in [0.15, 0.2) is 0 Å². The van der Waals surface area contributed by atoms with E-state index in [1.165, 1.54) is 6.20 Å². The van der Waals surface area contributed by atoms with E-state index in [1.54, 1.807) is 6.07 Å². The Morgan fingerprint density at radius 1 is 1.59 bits per heavy atom. The number of rotatable bonds is 3. The van der Waals surface area contributed by atoms with E-state index in [4.69, 9.17) is 16.9 Å². The Kier molecular flexibility index (Phi) is 4.33. The van der Waals surface area contributed by atoms with Crippen molar-refractivity contribution in [2.45, 2.75) is 26.9 Å². The van der Waals surface area contributed by atoms with Gasteiger partial charge in [0.25, 0.3) is 0 Å². The van der Waals surface area contributed by atoms with Crippen molar-refractivity contribution in [3.05, 3.63) is 22.8 Å². The first-order chi connectivity index (χ1) is 7.84. The fourth-order valence-electron chi connectivity index (χ4n) is 1.13. The summed E-state index contributed by atoms with van der Waals surface area (Å²) in [7, 11) is 0. The number of anilines is 1. The van der Waals surface area contributed by atoms with Crippen molar-refractivity contribution in [2.24, 2.45) is 5.41 Å². The Bertz CT molecular complexity index is 434. The van der Waals surface area contributed by atoms with Crippen molar-refractivity contribution in [3.8, 4) is 6.07 Å². The molecule has 1 atom stereocenters. The highest BCUT2D eigenvalue weighted by Gasteiger charge is 2.22. The van der Waals surface area contributed by atoms with Crippen LogP contribution in [0.1, 0.15) is 26.3 Å². The standard InChI is InChI=1S/C12H16ClN3O/c1-12(2,3)10(17)7-16-11-9(13)4-8(5-14)6-15-11/h4,6,10,17H,7H2,1-3H3,(H,15,16). The Balaban J connectivity index is 2.68. The molecule has 0 aromatic carbocycles. The number of aliphatic hydroxyl groups excluding tert-OH is 1. The minimum absolute atomic E-state index is 0.202. The third-order valence-corrected chi connectivity index (χ3v) is 2.72. The maximum absolute atomic E-state index is 9.85. The van der Waals surface area contributed by atoms with Gasteiger partial charge in [-0.1, -0.05) is 32.4 Å². The second-order valence-electron chi connectivity index (χ2n) is 4.93. The van der Waals surface area contributed by atoms with Crippen LogP contribution in [0.4, 0.5) is 5.82 Å². The molecule has 1 rings (SSSR count). The monoisotopic (exact) mass is 253 g/mol. The van der Waals surface area contributed by atoms with Crippen LogP contribution < -0.4 is 5.32 Å². The lowest BCUT2D eigenvalue weighted by Gasteiger charge is -2.26. The van der Waals surface area contributed by atoms with E-state index in [0.717, 1.165) is 0 Å². The Morgan fingerprint density at radius 3 is 2.71 bits per heavy atom. The molecule has 1 aromatic heterocycles. The maximum Gasteiger partial charge on any atom is 0.144 e.